The average molecular weight is 273 g/mol. The molecule has 0 radical (unpaired) electrons. The van der Waals surface area contributed by atoms with Crippen LogP contribution in [0.15, 0.2) is 24.4 Å². The van der Waals surface area contributed by atoms with Crippen LogP contribution < -0.4 is 10.6 Å². The maximum absolute atomic E-state index is 10.7. The van der Waals surface area contributed by atoms with Crippen LogP contribution >= 0.6 is 0 Å². The zero-order valence-electron chi connectivity index (χ0n) is 10.9. The van der Waals surface area contributed by atoms with Crippen LogP contribution in [0.5, 0.6) is 0 Å². The molecule has 0 bridgehead atoms. The number of nitro groups is 1. The number of nitrogens with two attached hydrogens (primary N) is 1. The van der Waals surface area contributed by atoms with Crippen LogP contribution in [0.2, 0.25) is 0 Å². The molecule has 2 N–H and O–H groups in total. The molecule has 1 aromatic carbocycles. The fourth-order valence-electron chi connectivity index (χ4n) is 2.47. The van der Waals surface area contributed by atoms with Gasteiger partial charge in [-0.2, -0.15) is 0 Å². The molecule has 0 saturated carbocycles. The Morgan fingerprint density at radius 2 is 2.25 bits per heavy atom. The summed E-state index contributed by atoms with van der Waals surface area (Å²) in [4.78, 5) is 21.2. The average Bonchev–Trinajstić information content (AvgIpc) is 2.46. The van der Waals surface area contributed by atoms with Gasteiger partial charge in [0.25, 0.3) is 5.69 Å². The molecule has 20 heavy (non-hydrogen) atoms. The van der Waals surface area contributed by atoms with Gasteiger partial charge in [0.05, 0.1) is 22.2 Å². The molecule has 0 amide bonds. The minimum Gasteiger partial charge on any atom is -0.354 e. The van der Waals surface area contributed by atoms with Crippen molar-refractivity contribution in [1.82, 2.24) is 9.97 Å². The maximum atomic E-state index is 10.7. The van der Waals surface area contributed by atoms with Crippen LogP contribution in [0.1, 0.15) is 12.8 Å². The molecule has 1 aliphatic rings. The molecule has 3 rings (SSSR count). The van der Waals surface area contributed by atoms with E-state index < -0.39 is 4.92 Å². The Labute approximate surface area is 115 Å². The second-order valence-corrected chi connectivity index (χ2v) is 5.01. The van der Waals surface area contributed by atoms with E-state index in [0.29, 0.717) is 11.0 Å². The summed E-state index contributed by atoms with van der Waals surface area (Å²) in [6, 6.07) is 4.68. The third-order valence-corrected chi connectivity index (χ3v) is 3.51. The number of anilines is 1. The number of non-ortho nitro benzene ring substituents is 1. The summed E-state index contributed by atoms with van der Waals surface area (Å²) in [6.07, 6.45) is 3.73. The van der Waals surface area contributed by atoms with Crippen molar-refractivity contribution in [3.05, 3.63) is 34.5 Å². The summed E-state index contributed by atoms with van der Waals surface area (Å²) in [5, 5.41) is 10.7. The van der Waals surface area contributed by atoms with Gasteiger partial charge in [-0.25, -0.2) is 4.98 Å². The monoisotopic (exact) mass is 273 g/mol. The van der Waals surface area contributed by atoms with Crippen molar-refractivity contribution in [2.75, 3.05) is 18.0 Å². The molecule has 7 nitrogen and oxygen atoms in total. The van der Waals surface area contributed by atoms with Gasteiger partial charge in [-0.05, 0) is 18.9 Å². The van der Waals surface area contributed by atoms with Crippen molar-refractivity contribution in [2.45, 2.75) is 18.9 Å². The standard InChI is InChI=1S/C13H15N5O2/c14-9-2-1-5-17(8-9)13-7-15-12-6-10(18(19)20)3-4-11(12)16-13/h3-4,6-7,9H,1-2,5,8,14H2/t9-/m0/s1. The largest absolute Gasteiger partial charge is 0.354 e. The Hall–Kier alpha value is -2.28. The molecule has 1 aliphatic heterocycles. The van der Waals surface area contributed by atoms with Crippen LogP contribution in [-0.4, -0.2) is 34.0 Å². The van der Waals surface area contributed by atoms with E-state index in [0.717, 1.165) is 31.7 Å². The Morgan fingerprint density at radius 1 is 1.40 bits per heavy atom. The van der Waals surface area contributed by atoms with Crippen molar-refractivity contribution in [1.29, 1.82) is 0 Å². The number of benzene rings is 1. The first kappa shape index (κ1) is 12.7. The van der Waals surface area contributed by atoms with E-state index in [9.17, 15) is 10.1 Å². The van der Waals surface area contributed by atoms with E-state index in [1.54, 1.807) is 12.3 Å². The third-order valence-electron chi connectivity index (χ3n) is 3.51. The summed E-state index contributed by atoms with van der Waals surface area (Å²) >= 11 is 0. The predicted molar refractivity (Wildman–Crippen MR) is 75.6 cm³/mol. The lowest BCUT2D eigenvalue weighted by atomic mass is 10.1. The van der Waals surface area contributed by atoms with Gasteiger partial charge in [0, 0.05) is 31.3 Å². The lowest BCUT2D eigenvalue weighted by Crippen LogP contribution is -2.43. The van der Waals surface area contributed by atoms with E-state index in [-0.39, 0.29) is 11.7 Å². The Bertz CT molecular complexity index is 660. The minimum absolute atomic E-state index is 0.0274. The molecule has 0 unspecified atom stereocenters. The quantitative estimate of drug-likeness (QED) is 0.657. The molecular weight excluding hydrogens is 258 g/mol. The van der Waals surface area contributed by atoms with Gasteiger partial charge in [-0.3, -0.25) is 15.1 Å². The van der Waals surface area contributed by atoms with Crippen molar-refractivity contribution in [2.24, 2.45) is 5.73 Å². The van der Waals surface area contributed by atoms with Crippen LogP contribution in [0.25, 0.3) is 11.0 Å². The first-order valence-corrected chi connectivity index (χ1v) is 6.55. The van der Waals surface area contributed by atoms with Gasteiger partial charge < -0.3 is 10.6 Å². The second-order valence-electron chi connectivity index (χ2n) is 5.01. The number of hydrogen-bond acceptors (Lipinski definition) is 6. The number of nitro benzene ring substituents is 1. The van der Waals surface area contributed by atoms with Gasteiger partial charge in [-0.1, -0.05) is 0 Å². The van der Waals surface area contributed by atoms with Gasteiger partial charge in [-0.15, -0.1) is 0 Å². The topological polar surface area (TPSA) is 98.2 Å². The van der Waals surface area contributed by atoms with Crippen LogP contribution in [0.4, 0.5) is 11.5 Å². The Balaban J connectivity index is 1.94. The smallest absolute Gasteiger partial charge is 0.271 e. The fourth-order valence-corrected chi connectivity index (χ4v) is 2.47. The number of rotatable bonds is 2. The summed E-state index contributed by atoms with van der Waals surface area (Å²) in [6.45, 7) is 1.69. The fraction of sp³-hybridized carbons (Fsp3) is 0.385. The number of fused-ring (bicyclic) bond motifs is 1. The number of nitrogens with zero attached hydrogens (tertiary/aromatic N) is 4. The van der Waals surface area contributed by atoms with E-state index in [1.165, 1.54) is 12.1 Å². The highest BCUT2D eigenvalue weighted by Gasteiger charge is 2.18. The molecule has 1 fully saturated rings. The third kappa shape index (κ3) is 2.39. The van der Waals surface area contributed by atoms with Crippen LogP contribution in [-0.2, 0) is 0 Å². The SMILES string of the molecule is N[C@H]1CCCN(c2cnc3cc([N+](=O)[O-])ccc3n2)C1. The number of hydrogen-bond donors (Lipinski definition) is 1. The molecule has 1 atom stereocenters. The van der Waals surface area contributed by atoms with Crippen LogP contribution in [0, 0.1) is 10.1 Å². The lowest BCUT2D eigenvalue weighted by molar-refractivity contribution is -0.384. The predicted octanol–water partition coefficient (Wildman–Crippen LogP) is 1.47. The highest BCUT2D eigenvalue weighted by molar-refractivity contribution is 5.78. The molecule has 1 aromatic heterocycles. The highest BCUT2D eigenvalue weighted by atomic mass is 16.6. The van der Waals surface area contributed by atoms with Crippen molar-refractivity contribution in [3.8, 4) is 0 Å². The zero-order valence-corrected chi connectivity index (χ0v) is 10.9. The first-order valence-electron chi connectivity index (χ1n) is 6.55. The molecule has 7 heteroatoms. The molecule has 1 saturated heterocycles. The summed E-state index contributed by atoms with van der Waals surface area (Å²) in [7, 11) is 0. The van der Waals surface area contributed by atoms with Crippen molar-refractivity contribution < 1.29 is 4.92 Å². The normalized spacial score (nSPS) is 19.2. The summed E-state index contributed by atoms with van der Waals surface area (Å²) in [5.41, 5.74) is 7.18. The summed E-state index contributed by atoms with van der Waals surface area (Å²) in [5.74, 6) is 0.779. The van der Waals surface area contributed by atoms with Crippen molar-refractivity contribution >= 4 is 22.5 Å². The molecule has 2 aromatic rings. The minimum atomic E-state index is -0.432. The molecular formula is C13H15N5O2. The molecule has 0 spiro atoms. The van der Waals surface area contributed by atoms with Gasteiger partial charge in [0.2, 0.25) is 0 Å². The first-order chi connectivity index (χ1) is 9.63. The second kappa shape index (κ2) is 5.01. The van der Waals surface area contributed by atoms with E-state index in [2.05, 4.69) is 14.9 Å². The maximum Gasteiger partial charge on any atom is 0.271 e. The Kier molecular flexibility index (Phi) is 3.19. The lowest BCUT2D eigenvalue weighted by Gasteiger charge is -2.31. The van der Waals surface area contributed by atoms with E-state index in [1.807, 2.05) is 0 Å². The Morgan fingerprint density at radius 3 is 3.00 bits per heavy atom. The van der Waals surface area contributed by atoms with Crippen LogP contribution in [0.3, 0.4) is 0 Å². The number of piperidine rings is 1. The number of aromatic nitrogens is 2. The van der Waals surface area contributed by atoms with Crippen molar-refractivity contribution in [3.63, 3.8) is 0 Å². The highest BCUT2D eigenvalue weighted by Crippen LogP contribution is 2.22. The van der Waals surface area contributed by atoms with E-state index in [4.69, 9.17) is 5.73 Å². The van der Waals surface area contributed by atoms with E-state index >= 15 is 0 Å². The molecule has 104 valence electrons. The summed E-state index contributed by atoms with van der Waals surface area (Å²) < 4.78 is 0. The van der Waals surface area contributed by atoms with Gasteiger partial charge in [0.1, 0.15) is 5.82 Å². The zero-order chi connectivity index (χ0) is 14.1. The molecule has 2 heterocycles. The van der Waals surface area contributed by atoms with Gasteiger partial charge in [0.15, 0.2) is 0 Å². The molecule has 0 aliphatic carbocycles. The van der Waals surface area contributed by atoms with Gasteiger partial charge >= 0.3 is 0 Å².